The number of benzene rings is 1. The number of hydrogen-bond donors (Lipinski definition) is 2. The van der Waals surface area contributed by atoms with Crippen molar-refractivity contribution in [2.45, 2.75) is 71.5 Å². The molecule has 10 aromatic rings. The van der Waals surface area contributed by atoms with Gasteiger partial charge >= 0.3 is 29.6 Å². The number of ether oxygens (including phenoxy) is 3. The molecule has 0 aliphatic carbocycles. The summed E-state index contributed by atoms with van der Waals surface area (Å²) in [7, 11) is -11.0. The van der Waals surface area contributed by atoms with Gasteiger partial charge < -0.3 is 44.4 Å². The minimum absolute atomic E-state index is 0. The van der Waals surface area contributed by atoms with Crippen LogP contribution in [0.25, 0.3) is 67.3 Å². The molecule has 13 rings (SSSR count). The van der Waals surface area contributed by atoms with Crippen molar-refractivity contribution in [3.05, 3.63) is 122 Å². The number of anilines is 3. The third-order valence-corrected chi connectivity index (χ3v) is 22.9. The Morgan fingerprint density at radius 2 is 0.865 bits per heavy atom. The minimum Gasteiger partial charge on any atom is -0.870 e. The second-order valence-electron chi connectivity index (χ2n) is 23.3. The van der Waals surface area contributed by atoms with Crippen LogP contribution in [-0.2, 0) is 53.4 Å². The Kier molecular flexibility index (Phi) is 23.5. The zero-order valence-electron chi connectivity index (χ0n) is 55.7. The van der Waals surface area contributed by atoms with Crippen LogP contribution in [0.5, 0.6) is 0 Å². The maximum atomic E-state index is 13.4. The number of hydrogen-bond acceptors (Lipinski definition) is 24. The van der Waals surface area contributed by atoms with Crippen LogP contribution in [0.1, 0.15) is 47.1 Å². The van der Waals surface area contributed by atoms with Crippen molar-refractivity contribution in [2.75, 3.05) is 110 Å². The van der Waals surface area contributed by atoms with Crippen LogP contribution in [0.2, 0.25) is 0 Å². The fourth-order valence-corrected chi connectivity index (χ4v) is 13.9. The topological polar surface area (TPSA) is 342 Å². The van der Waals surface area contributed by atoms with Gasteiger partial charge in [-0.3, -0.25) is 0 Å². The molecule has 96 heavy (non-hydrogen) atoms. The standard InChI is InChI=1S/C26H30N6O4S2.2C19H24N6O2S.Na.H2O/c1-5-37(4,33)30-23-16-24(31-14-15-36-17-19(31)3)29-25(28-23)21-10-12-27-26-22(21)11-13-32(26)38(34,35)20-8-6-18(2)7-9-20;2*1-4-28(3,26)24-16-11-17(25-9-10-27-12-13(25)2)23-19(22-16)15-6-8-21-18-14(15)5-7-20-18;;/h6-13,16,19H,5,14-15,17H2,1-4H3;2*5-8,11,13H,4,9-10,12H2,1-3H3,(H,20,21);;1H2/q;;;+1;/p-1/t19-,37?;13-,28+;13-,28-;;/m111../s1. The molecule has 9 aromatic heterocycles. The fourth-order valence-electron chi connectivity index (χ4n) is 10.7. The number of fused-ring (bicyclic) bond motifs is 3. The molecule has 0 saturated carbocycles. The van der Waals surface area contributed by atoms with Crippen molar-refractivity contribution in [1.82, 2.24) is 58.8 Å². The van der Waals surface area contributed by atoms with Gasteiger partial charge in [-0.25, -0.2) is 69.9 Å². The molecule has 12 heterocycles. The number of aryl methyl sites for hydroxylation is 1. The third-order valence-electron chi connectivity index (χ3n) is 16.3. The summed E-state index contributed by atoms with van der Waals surface area (Å²) >= 11 is 0. The Balaban J connectivity index is 0.000000170. The molecule has 32 heteroatoms. The van der Waals surface area contributed by atoms with E-state index in [2.05, 4.69) is 81.5 Å². The quantitative estimate of drug-likeness (QED) is 0.105. The number of nitrogens with zero attached hydrogens (tertiary/aromatic N) is 16. The average Bonchev–Trinajstić information content (AvgIpc) is 1.55. The first kappa shape index (κ1) is 72.8. The van der Waals surface area contributed by atoms with E-state index in [-0.39, 0.29) is 63.7 Å². The molecule has 1 unspecified atom stereocenters. The molecule has 1 aromatic carbocycles. The molecule has 0 spiro atoms. The van der Waals surface area contributed by atoms with Crippen molar-refractivity contribution < 1.29 is 70.3 Å². The monoisotopic (exact) mass is 1390 g/mol. The van der Waals surface area contributed by atoms with Crippen LogP contribution in [0.3, 0.4) is 0 Å². The van der Waals surface area contributed by atoms with Gasteiger partial charge in [0.05, 0.1) is 91.8 Å². The van der Waals surface area contributed by atoms with Gasteiger partial charge in [-0.05, 0) is 76.2 Å². The summed E-state index contributed by atoms with van der Waals surface area (Å²) in [6.45, 7) is 19.5. The first-order chi connectivity index (χ1) is 45.0. The molecular weight excluding hydrogens is 1320 g/mol. The number of rotatable bonds is 14. The van der Waals surface area contributed by atoms with Gasteiger partial charge in [0.15, 0.2) is 40.6 Å². The van der Waals surface area contributed by atoms with Crippen molar-refractivity contribution >= 4 is 107 Å². The maximum Gasteiger partial charge on any atom is 1.00 e. The van der Waals surface area contributed by atoms with Crippen LogP contribution in [0.15, 0.2) is 134 Å². The van der Waals surface area contributed by atoms with E-state index in [1.54, 1.807) is 73.6 Å². The van der Waals surface area contributed by atoms with Gasteiger partial charge in [0.1, 0.15) is 28.7 Å². The first-order valence-corrected chi connectivity index (χ1v) is 38.7. The number of nitrogens with one attached hydrogen (secondary N) is 2. The van der Waals surface area contributed by atoms with Crippen molar-refractivity contribution in [3.63, 3.8) is 0 Å². The van der Waals surface area contributed by atoms with Crippen LogP contribution in [0, 0.1) is 6.92 Å². The van der Waals surface area contributed by atoms with E-state index in [9.17, 15) is 21.0 Å². The average molecular weight is 1400 g/mol. The van der Waals surface area contributed by atoms with Gasteiger partial charge in [0.25, 0.3) is 10.0 Å². The molecule has 3 aliphatic heterocycles. The molecule has 6 atom stereocenters. The van der Waals surface area contributed by atoms with Crippen LogP contribution < -0.4 is 44.3 Å². The Morgan fingerprint density at radius 1 is 0.500 bits per heavy atom. The van der Waals surface area contributed by atoms with Gasteiger partial charge in [-0.2, -0.15) is 13.1 Å². The van der Waals surface area contributed by atoms with Gasteiger partial charge in [-0.1, -0.05) is 38.5 Å². The number of aromatic amines is 2. The van der Waals surface area contributed by atoms with E-state index < -0.39 is 39.2 Å². The summed E-state index contributed by atoms with van der Waals surface area (Å²) in [6, 6.07) is 23.7. The third kappa shape index (κ3) is 16.7. The van der Waals surface area contributed by atoms with Crippen molar-refractivity contribution in [2.24, 2.45) is 13.1 Å². The maximum absolute atomic E-state index is 13.4. The zero-order valence-corrected chi connectivity index (χ0v) is 61.0. The van der Waals surface area contributed by atoms with E-state index in [1.165, 1.54) is 16.4 Å². The molecule has 0 bridgehead atoms. The number of aromatic nitrogens is 12. The van der Waals surface area contributed by atoms with Gasteiger partial charge in [0, 0.05) is 144 Å². The Bertz CT molecular complexity index is 4750. The molecule has 3 aliphatic rings. The van der Waals surface area contributed by atoms with E-state index in [0.29, 0.717) is 115 Å². The fraction of sp³-hybridized carbons (Fsp3) is 0.391. The molecule has 3 saturated heterocycles. The van der Waals surface area contributed by atoms with Gasteiger partial charge in [0.2, 0.25) is 0 Å². The Labute approximate surface area is 582 Å². The second-order valence-corrected chi connectivity index (χ2v) is 33.2. The van der Waals surface area contributed by atoms with Crippen LogP contribution in [-0.4, -0.2) is 199 Å². The van der Waals surface area contributed by atoms with Crippen LogP contribution >= 0.6 is 0 Å². The van der Waals surface area contributed by atoms with E-state index in [0.717, 1.165) is 63.5 Å². The minimum atomic E-state index is -3.87. The predicted octanol–water partition coefficient (Wildman–Crippen LogP) is 6.83. The molecular formula is C64H79N18NaO9S4. The van der Waals surface area contributed by atoms with E-state index in [4.69, 9.17) is 29.2 Å². The molecule has 27 nitrogen and oxygen atoms in total. The molecule has 504 valence electrons. The van der Waals surface area contributed by atoms with Crippen molar-refractivity contribution in [1.29, 1.82) is 0 Å². The normalized spacial score (nSPS) is 18.5. The van der Waals surface area contributed by atoms with Gasteiger partial charge in [-0.15, -0.1) is 0 Å². The summed E-state index contributed by atoms with van der Waals surface area (Å²) in [4.78, 5) is 54.4. The first-order valence-electron chi connectivity index (χ1n) is 31.0. The van der Waals surface area contributed by atoms with E-state index >= 15 is 0 Å². The molecule has 0 radical (unpaired) electrons. The predicted molar refractivity (Wildman–Crippen MR) is 374 cm³/mol. The SMILES string of the molecule is CCS(C)(=O)=Nc1cc(N2CCOC[C@H]2C)nc(-c2ccnc3c2ccn3S(=O)(=O)c2ccc(C)cc2)n1.CC[S@@](C)(=O)=Nc1cc(N2CCOC[C@H]2C)nc(-c2ccnc3[nH]ccc23)n1.CC[S@](C)(=O)=Nc1cc(N2CCOC[C@H]2C)nc(-c2ccnc3[nH]ccc23)n1.[Na+].[OH-]. The largest absolute Gasteiger partial charge is 1.00 e. The molecule has 3 N–H and O–H groups in total. The smallest absolute Gasteiger partial charge is 0.870 e. The number of H-pyrrole nitrogens is 2. The summed E-state index contributed by atoms with van der Waals surface area (Å²) in [5, 5.41) is 2.45. The summed E-state index contributed by atoms with van der Waals surface area (Å²) in [5.41, 5.74) is 5.12. The summed E-state index contributed by atoms with van der Waals surface area (Å²) in [5.74, 6) is 6.14. The molecule has 0 amide bonds. The second kappa shape index (κ2) is 31.0. The Hall–Kier alpha value is -7.43. The number of pyridine rings is 3. The Morgan fingerprint density at radius 3 is 1.23 bits per heavy atom. The number of morpholine rings is 3. The zero-order chi connectivity index (χ0) is 66.5. The molecule has 3 fully saturated rings. The van der Waals surface area contributed by atoms with Crippen LogP contribution in [0.4, 0.5) is 34.9 Å². The summed E-state index contributed by atoms with van der Waals surface area (Å²) < 4.78 is 96.2. The van der Waals surface area contributed by atoms with Crippen molar-refractivity contribution in [3.8, 4) is 34.2 Å². The summed E-state index contributed by atoms with van der Waals surface area (Å²) in [6.07, 6.45) is 15.1. The van der Waals surface area contributed by atoms with E-state index in [1.807, 2.05) is 83.4 Å².